The third-order valence-electron chi connectivity index (χ3n) is 2.75. The second kappa shape index (κ2) is 7.75. The molecule has 0 aromatic carbocycles. The van der Waals surface area contributed by atoms with E-state index in [0.29, 0.717) is 28.2 Å². The van der Waals surface area contributed by atoms with Crippen molar-refractivity contribution in [1.82, 2.24) is 10.2 Å². The highest BCUT2D eigenvalue weighted by Gasteiger charge is 2.34. The van der Waals surface area contributed by atoms with Gasteiger partial charge in [-0.05, 0) is 13.3 Å². The van der Waals surface area contributed by atoms with Gasteiger partial charge in [-0.15, -0.1) is 11.8 Å². The van der Waals surface area contributed by atoms with Crippen LogP contribution in [0.2, 0.25) is 0 Å². The molecule has 0 radical (unpaired) electrons. The maximum Gasteiger partial charge on any atom is 0.250 e. The molecule has 1 aliphatic heterocycles. The second-order valence-electron chi connectivity index (χ2n) is 4.32. The summed E-state index contributed by atoms with van der Waals surface area (Å²) >= 11 is 4.79. The molecule has 6 heteroatoms. The SMILES string of the molecule is C=C(Br)CNC(=O)[C@H]1CSCN1C(=O)/C(C)=C/CC. The lowest BCUT2D eigenvalue weighted by molar-refractivity contribution is -0.135. The number of carbonyl (C=O) groups excluding carboxylic acids is 2. The monoisotopic (exact) mass is 346 g/mol. The van der Waals surface area contributed by atoms with Gasteiger partial charge in [-0.25, -0.2) is 0 Å². The molecular weight excluding hydrogens is 328 g/mol. The molecule has 1 saturated heterocycles. The van der Waals surface area contributed by atoms with Gasteiger partial charge in [-0.3, -0.25) is 9.59 Å². The molecule has 19 heavy (non-hydrogen) atoms. The molecule has 1 N–H and O–H groups in total. The van der Waals surface area contributed by atoms with Crippen LogP contribution in [0.1, 0.15) is 20.3 Å². The van der Waals surface area contributed by atoms with Gasteiger partial charge in [0.2, 0.25) is 5.91 Å². The number of rotatable bonds is 5. The molecule has 1 heterocycles. The predicted octanol–water partition coefficient (Wildman–Crippen LogP) is 2.27. The van der Waals surface area contributed by atoms with E-state index >= 15 is 0 Å². The summed E-state index contributed by atoms with van der Waals surface area (Å²) in [4.78, 5) is 25.9. The van der Waals surface area contributed by atoms with Gasteiger partial charge in [0, 0.05) is 22.4 Å². The zero-order valence-electron chi connectivity index (χ0n) is 11.2. The number of halogens is 1. The fraction of sp³-hybridized carbons (Fsp3) is 0.538. The first-order chi connectivity index (χ1) is 8.97. The number of thioether (sulfide) groups is 1. The Morgan fingerprint density at radius 3 is 2.84 bits per heavy atom. The van der Waals surface area contributed by atoms with Crippen molar-refractivity contribution >= 4 is 39.5 Å². The minimum Gasteiger partial charge on any atom is -0.350 e. The van der Waals surface area contributed by atoms with E-state index in [4.69, 9.17) is 0 Å². The van der Waals surface area contributed by atoms with Crippen LogP contribution in [0.15, 0.2) is 22.7 Å². The summed E-state index contributed by atoms with van der Waals surface area (Å²) in [6.45, 7) is 7.83. The van der Waals surface area contributed by atoms with Crippen molar-refractivity contribution in [3.8, 4) is 0 Å². The molecule has 0 aliphatic carbocycles. The Balaban J connectivity index is 2.68. The summed E-state index contributed by atoms with van der Waals surface area (Å²) < 4.78 is 0.714. The lowest BCUT2D eigenvalue weighted by Gasteiger charge is -2.23. The van der Waals surface area contributed by atoms with E-state index in [1.807, 2.05) is 13.0 Å². The van der Waals surface area contributed by atoms with Crippen LogP contribution in [-0.4, -0.2) is 40.9 Å². The topological polar surface area (TPSA) is 49.4 Å². The smallest absolute Gasteiger partial charge is 0.250 e. The van der Waals surface area contributed by atoms with Crippen molar-refractivity contribution < 1.29 is 9.59 Å². The van der Waals surface area contributed by atoms with E-state index in [1.54, 1.807) is 23.6 Å². The van der Waals surface area contributed by atoms with E-state index in [2.05, 4.69) is 27.8 Å². The van der Waals surface area contributed by atoms with Gasteiger partial charge in [-0.1, -0.05) is 35.5 Å². The number of carbonyl (C=O) groups is 2. The van der Waals surface area contributed by atoms with Crippen LogP contribution in [0.4, 0.5) is 0 Å². The molecule has 2 amide bonds. The minimum absolute atomic E-state index is 0.0512. The first-order valence-corrected chi connectivity index (χ1v) is 8.08. The van der Waals surface area contributed by atoms with E-state index in [9.17, 15) is 9.59 Å². The Bertz CT molecular complexity index is 409. The summed E-state index contributed by atoms with van der Waals surface area (Å²) in [5.41, 5.74) is 0.702. The largest absolute Gasteiger partial charge is 0.350 e. The zero-order chi connectivity index (χ0) is 14.4. The molecule has 0 unspecified atom stereocenters. The normalized spacial score (nSPS) is 19.4. The highest BCUT2D eigenvalue weighted by Crippen LogP contribution is 2.23. The molecule has 1 aliphatic rings. The third-order valence-corrected chi connectivity index (χ3v) is 4.04. The van der Waals surface area contributed by atoms with E-state index in [-0.39, 0.29) is 17.9 Å². The summed E-state index contributed by atoms with van der Waals surface area (Å²) in [6.07, 6.45) is 2.71. The molecule has 0 aromatic heterocycles. The van der Waals surface area contributed by atoms with Crippen molar-refractivity contribution in [2.45, 2.75) is 26.3 Å². The lowest BCUT2D eigenvalue weighted by Crippen LogP contribution is -2.47. The molecule has 0 aromatic rings. The number of nitrogens with zero attached hydrogens (tertiary/aromatic N) is 1. The predicted molar refractivity (Wildman–Crippen MR) is 83.1 cm³/mol. The molecule has 0 bridgehead atoms. The lowest BCUT2D eigenvalue weighted by atomic mass is 10.2. The summed E-state index contributed by atoms with van der Waals surface area (Å²) in [6, 6.07) is -0.385. The third kappa shape index (κ3) is 4.69. The number of hydrogen-bond donors (Lipinski definition) is 1. The van der Waals surface area contributed by atoms with Gasteiger partial charge in [0.05, 0.1) is 5.88 Å². The van der Waals surface area contributed by atoms with Gasteiger partial charge in [0.15, 0.2) is 0 Å². The Labute approximate surface area is 126 Å². The average Bonchev–Trinajstić information content (AvgIpc) is 2.84. The quantitative estimate of drug-likeness (QED) is 0.777. The fourth-order valence-electron chi connectivity index (χ4n) is 1.78. The van der Waals surface area contributed by atoms with Gasteiger partial charge in [0.25, 0.3) is 5.91 Å². The zero-order valence-corrected chi connectivity index (χ0v) is 13.6. The van der Waals surface area contributed by atoms with Gasteiger partial charge < -0.3 is 10.2 Å². The van der Waals surface area contributed by atoms with Crippen LogP contribution in [0, 0.1) is 0 Å². The Morgan fingerprint density at radius 2 is 2.26 bits per heavy atom. The van der Waals surface area contributed by atoms with Crippen LogP contribution in [0.3, 0.4) is 0 Å². The van der Waals surface area contributed by atoms with Crippen molar-refractivity contribution in [3.63, 3.8) is 0 Å². The molecule has 1 atom stereocenters. The number of allylic oxidation sites excluding steroid dienone is 1. The Kier molecular flexibility index (Phi) is 6.65. The van der Waals surface area contributed by atoms with Crippen molar-refractivity contribution in [3.05, 3.63) is 22.7 Å². The molecule has 0 saturated carbocycles. The molecule has 1 rings (SSSR count). The molecular formula is C13H19BrN2O2S. The minimum atomic E-state index is -0.385. The van der Waals surface area contributed by atoms with Crippen molar-refractivity contribution in [2.75, 3.05) is 18.2 Å². The fourth-order valence-corrected chi connectivity index (χ4v) is 3.07. The van der Waals surface area contributed by atoms with Crippen LogP contribution < -0.4 is 5.32 Å². The first kappa shape index (κ1) is 16.3. The van der Waals surface area contributed by atoms with Crippen molar-refractivity contribution in [2.24, 2.45) is 0 Å². The number of nitrogens with one attached hydrogen (secondary N) is 1. The van der Waals surface area contributed by atoms with Crippen LogP contribution >= 0.6 is 27.7 Å². The summed E-state index contributed by atoms with van der Waals surface area (Å²) in [5, 5.41) is 2.77. The maximum atomic E-state index is 12.2. The second-order valence-corrected chi connectivity index (χ2v) is 6.44. The number of hydrogen-bond acceptors (Lipinski definition) is 3. The summed E-state index contributed by atoms with van der Waals surface area (Å²) in [7, 11) is 0. The van der Waals surface area contributed by atoms with Gasteiger partial charge in [-0.2, -0.15) is 0 Å². The van der Waals surface area contributed by atoms with E-state index < -0.39 is 0 Å². The highest BCUT2D eigenvalue weighted by atomic mass is 79.9. The van der Waals surface area contributed by atoms with Gasteiger partial charge >= 0.3 is 0 Å². The van der Waals surface area contributed by atoms with Crippen LogP contribution in [-0.2, 0) is 9.59 Å². The molecule has 4 nitrogen and oxygen atoms in total. The van der Waals surface area contributed by atoms with Crippen LogP contribution in [0.25, 0.3) is 0 Å². The summed E-state index contributed by atoms with van der Waals surface area (Å²) in [5.74, 6) is 1.04. The van der Waals surface area contributed by atoms with Gasteiger partial charge in [0.1, 0.15) is 6.04 Å². The average molecular weight is 347 g/mol. The maximum absolute atomic E-state index is 12.2. The molecule has 106 valence electrons. The molecule has 0 spiro atoms. The highest BCUT2D eigenvalue weighted by molar-refractivity contribution is 9.11. The Hall–Kier alpha value is -0.750. The van der Waals surface area contributed by atoms with Crippen molar-refractivity contribution in [1.29, 1.82) is 0 Å². The Morgan fingerprint density at radius 1 is 1.58 bits per heavy atom. The first-order valence-electron chi connectivity index (χ1n) is 6.13. The standard InChI is InChI=1S/C13H19BrN2O2S/c1-4-5-9(2)13(18)16-8-19-7-11(16)12(17)15-6-10(3)14/h5,11H,3-4,6-8H2,1-2H3,(H,15,17)/b9-5+/t11-/m1/s1. The number of amides is 2. The van der Waals surface area contributed by atoms with E-state index in [1.165, 1.54) is 0 Å². The molecule has 1 fully saturated rings. The van der Waals surface area contributed by atoms with E-state index in [0.717, 1.165) is 6.42 Å². The van der Waals surface area contributed by atoms with Crippen LogP contribution in [0.5, 0.6) is 0 Å².